The fourth-order valence-corrected chi connectivity index (χ4v) is 1.95. The number of halogens is 2. The predicted molar refractivity (Wildman–Crippen MR) is 67.6 cm³/mol. The highest BCUT2D eigenvalue weighted by atomic mass is 32.2. The molecule has 17 heavy (non-hydrogen) atoms. The predicted octanol–water partition coefficient (Wildman–Crippen LogP) is 3.74. The molecule has 0 amide bonds. The van der Waals surface area contributed by atoms with Gasteiger partial charge in [0.2, 0.25) is 5.92 Å². The van der Waals surface area contributed by atoms with Crippen molar-refractivity contribution in [2.45, 2.75) is 51.7 Å². The first kappa shape index (κ1) is 16.7. The molecule has 0 aliphatic heterocycles. The highest BCUT2D eigenvalue weighted by molar-refractivity contribution is 8.00. The Kier molecular flexibility index (Phi) is 7.75. The Morgan fingerprint density at radius 1 is 1.35 bits per heavy atom. The topological polar surface area (TPSA) is 26.3 Å². The maximum absolute atomic E-state index is 12.5. The minimum Gasteiger partial charge on any atom is -0.465 e. The van der Waals surface area contributed by atoms with E-state index in [4.69, 9.17) is 4.74 Å². The molecule has 1 atom stereocenters. The summed E-state index contributed by atoms with van der Waals surface area (Å²) >= 11 is 1.37. The van der Waals surface area contributed by atoms with Gasteiger partial charge in [-0.25, -0.2) is 8.78 Å². The number of hydrogen-bond acceptors (Lipinski definition) is 3. The average molecular weight is 268 g/mol. The number of carbonyl (C=O) groups excluding carboxylic acids is 1. The molecule has 0 saturated heterocycles. The van der Waals surface area contributed by atoms with Gasteiger partial charge in [-0.05, 0) is 31.9 Å². The van der Waals surface area contributed by atoms with Crippen LogP contribution in [0.4, 0.5) is 8.78 Å². The zero-order chi connectivity index (χ0) is 13.5. The molecule has 0 fully saturated rings. The van der Waals surface area contributed by atoms with Gasteiger partial charge in [0.05, 0.1) is 11.9 Å². The molecular formula is C12H22F2O2S. The Bertz CT molecular complexity index is 227. The molecule has 0 radical (unpaired) electrons. The number of alkyl halides is 2. The number of ether oxygens (including phenoxy) is 1. The number of rotatable bonds is 8. The second-order valence-electron chi connectivity index (χ2n) is 4.71. The van der Waals surface area contributed by atoms with Crippen LogP contribution in [-0.2, 0) is 9.53 Å². The van der Waals surface area contributed by atoms with E-state index >= 15 is 0 Å². The van der Waals surface area contributed by atoms with E-state index in [1.165, 1.54) is 11.8 Å². The SMILES string of the molecule is CC(C)COC(=O)C(C)SCCCC(C)(F)F. The molecule has 102 valence electrons. The van der Waals surface area contributed by atoms with Gasteiger partial charge in [0.15, 0.2) is 0 Å². The van der Waals surface area contributed by atoms with Crippen molar-refractivity contribution in [1.29, 1.82) is 0 Å². The van der Waals surface area contributed by atoms with Gasteiger partial charge in [-0.1, -0.05) is 13.8 Å². The third-order valence-corrected chi connectivity index (χ3v) is 3.24. The molecule has 0 heterocycles. The largest absolute Gasteiger partial charge is 0.465 e. The van der Waals surface area contributed by atoms with E-state index in [-0.39, 0.29) is 17.6 Å². The molecular weight excluding hydrogens is 246 g/mol. The summed E-state index contributed by atoms with van der Waals surface area (Å²) in [6.45, 7) is 7.01. The van der Waals surface area contributed by atoms with Gasteiger partial charge in [-0.15, -0.1) is 11.8 Å². The van der Waals surface area contributed by atoms with Gasteiger partial charge in [-0.3, -0.25) is 4.79 Å². The van der Waals surface area contributed by atoms with Gasteiger partial charge < -0.3 is 4.74 Å². The van der Waals surface area contributed by atoms with Crippen LogP contribution in [0.5, 0.6) is 0 Å². The van der Waals surface area contributed by atoms with Crippen LogP contribution in [0.3, 0.4) is 0 Å². The van der Waals surface area contributed by atoms with Crippen molar-refractivity contribution in [1.82, 2.24) is 0 Å². The molecule has 0 spiro atoms. The molecule has 0 bridgehead atoms. The molecule has 0 N–H and O–H groups in total. The van der Waals surface area contributed by atoms with E-state index in [2.05, 4.69) is 0 Å². The molecule has 0 aliphatic rings. The van der Waals surface area contributed by atoms with Crippen molar-refractivity contribution in [3.8, 4) is 0 Å². The first-order valence-corrected chi connectivity index (χ1v) is 6.93. The molecule has 0 aromatic heterocycles. The number of thioether (sulfide) groups is 1. The van der Waals surface area contributed by atoms with Crippen LogP contribution in [0.1, 0.15) is 40.5 Å². The summed E-state index contributed by atoms with van der Waals surface area (Å²) in [4.78, 5) is 11.4. The Morgan fingerprint density at radius 3 is 2.41 bits per heavy atom. The Labute approximate surface area is 106 Å². The maximum Gasteiger partial charge on any atom is 0.318 e. The second kappa shape index (κ2) is 7.90. The molecule has 0 saturated carbocycles. The maximum atomic E-state index is 12.5. The van der Waals surface area contributed by atoms with Crippen LogP contribution in [0.2, 0.25) is 0 Å². The molecule has 0 aromatic carbocycles. The van der Waals surface area contributed by atoms with Crippen molar-refractivity contribution in [3.63, 3.8) is 0 Å². The fourth-order valence-electron chi connectivity index (χ4n) is 1.08. The monoisotopic (exact) mass is 268 g/mol. The lowest BCUT2D eigenvalue weighted by Gasteiger charge is -2.13. The van der Waals surface area contributed by atoms with E-state index in [0.29, 0.717) is 24.7 Å². The second-order valence-corrected chi connectivity index (χ2v) is 6.16. The Hall–Kier alpha value is -0.320. The smallest absolute Gasteiger partial charge is 0.318 e. The standard InChI is InChI=1S/C12H22F2O2S/c1-9(2)8-16-11(15)10(3)17-7-5-6-12(4,13)14/h9-10H,5-8H2,1-4H3. The van der Waals surface area contributed by atoms with Crippen molar-refractivity contribution in [2.75, 3.05) is 12.4 Å². The quantitative estimate of drug-likeness (QED) is 0.495. The van der Waals surface area contributed by atoms with Gasteiger partial charge in [0.25, 0.3) is 0 Å². The van der Waals surface area contributed by atoms with E-state index in [1.54, 1.807) is 6.92 Å². The molecule has 5 heteroatoms. The highest BCUT2D eigenvalue weighted by Crippen LogP contribution is 2.22. The Balaban J connectivity index is 3.64. The lowest BCUT2D eigenvalue weighted by molar-refractivity contribution is -0.143. The lowest BCUT2D eigenvalue weighted by atomic mass is 10.2. The molecule has 0 aromatic rings. The van der Waals surface area contributed by atoms with Gasteiger partial charge in [0, 0.05) is 6.42 Å². The number of hydrogen-bond donors (Lipinski definition) is 0. The van der Waals surface area contributed by atoms with Crippen molar-refractivity contribution < 1.29 is 18.3 Å². The molecule has 0 rings (SSSR count). The fraction of sp³-hybridized carbons (Fsp3) is 0.917. The lowest BCUT2D eigenvalue weighted by Crippen LogP contribution is -2.20. The normalized spacial score (nSPS) is 13.8. The summed E-state index contributed by atoms with van der Waals surface area (Å²) < 4.78 is 30.1. The van der Waals surface area contributed by atoms with Gasteiger partial charge >= 0.3 is 5.97 Å². The van der Waals surface area contributed by atoms with Crippen molar-refractivity contribution >= 4 is 17.7 Å². The van der Waals surface area contributed by atoms with Crippen molar-refractivity contribution in [2.24, 2.45) is 5.92 Å². The number of carbonyl (C=O) groups is 1. The zero-order valence-corrected chi connectivity index (χ0v) is 11.8. The average Bonchev–Trinajstić information content (AvgIpc) is 2.19. The first-order valence-electron chi connectivity index (χ1n) is 5.88. The van der Waals surface area contributed by atoms with Crippen LogP contribution in [-0.4, -0.2) is 29.5 Å². The van der Waals surface area contributed by atoms with Crippen LogP contribution in [0.15, 0.2) is 0 Å². The summed E-state index contributed by atoms with van der Waals surface area (Å²) in [5.74, 6) is -1.99. The van der Waals surface area contributed by atoms with Gasteiger partial charge in [-0.2, -0.15) is 0 Å². The summed E-state index contributed by atoms with van der Waals surface area (Å²) in [6, 6.07) is 0. The van der Waals surface area contributed by atoms with Gasteiger partial charge in [0.1, 0.15) is 0 Å². The van der Waals surface area contributed by atoms with E-state index in [0.717, 1.165) is 6.92 Å². The van der Waals surface area contributed by atoms with Crippen LogP contribution in [0, 0.1) is 5.92 Å². The highest BCUT2D eigenvalue weighted by Gasteiger charge is 2.21. The minimum atomic E-state index is -2.61. The summed E-state index contributed by atoms with van der Waals surface area (Å²) in [5, 5.41) is -0.278. The summed E-state index contributed by atoms with van der Waals surface area (Å²) in [5.41, 5.74) is 0. The third-order valence-electron chi connectivity index (χ3n) is 2.02. The van der Waals surface area contributed by atoms with Crippen molar-refractivity contribution in [3.05, 3.63) is 0 Å². The molecule has 2 nitrogen and oxygen atoms in total. The van der Waals surface area contributed by atoms with E-state index in [1.807, 2.05) is 13.8 Å². The molecule has 1 unspecified atom stereocenters. The first-order chi connectivity index (χ1) is 7.72. The summed E-state index contributed by atoms with van der Waals surface area (Å²) in [7, 11) is 0. The third kappa shape index (κ3) is 10.5. The minimum absolute atomic E-state index is 0.131. The van der Waals surface area contributed by atoms with E-state index in [9.17, 15) is 13.6 Å². The van der Waals surface area contributed by atoms with Crippen LogP contribution >= 0.6 is 11.8 Å². The Morgan fingerprint density at radius 2 is 1.94 bits per heavy atom. The van der Waals surface area contributed by atoms with E-state index < -0.39 is 5.92 Å². The zero-order valence-electron chi connectivity index (χ0n) is 11.0. The molecule has 0 aliphatic carbocycles. The number of esters is 1. The summed E-state index contributed by atoms with van der Waals surface area (Å²) in [6.07, 6.45) is 0.281. The van der Waals surface area contributed by atoms with Crippen LogP contribution < -0.4 is 0 Å². The van der Waals surface area contributed by atoms with Crippen LogP contribution in [0.25, 0.3) is 0 Å².